The van der Waals surface area contributed by atoms with Crippen molar-refractivity contribution in [2.45, 2.75) is 32.7 Å². The first-order valence-electron chi connectivity index (χ1n) is 7.36. The van der Waals surface area contributed by atoms with Gasteiger partial charge >= 0.3 is 0 Å². The lowest BCUT2D eigenvalue weighted by atomic mass is 10.1. The maximum Gasteiger partial charge on any atom is 0.189 e. The van der Waals surface area contributed by atoms with Gasteiger partial charge < -0.3 is 19.5 Å². The predicted octanol–water partition coefficient (Wildman–Crippen LogP) is 3.13. The van der Waals surface area contributed by atoms with Crippen LogP contribution in [0.15, 0.2) is 18.2 Å². The molecule has 1 unspecified atom stereocenters. The summed E-state index contributed by atoms with van der Waals surface area (Å²) >= 11 is 0. The molecule has 1 aliphatic rings. The van der Waals surface area contributed by atoms with E-state index in [1.807, 2.05) is 18.2 Å². The van der Waals surface area contributed by atoms with Crippen molar-refractivity contribution in [1.82, 2.24) is 5.32 Å². The molecule has 0 bridgehead atoms. The second-order valence-corrected chi connectivity index (χ2v) is 5.26. The average Bonchev–Trinajstić information content (AvgIpc) is 3.27. The topological polar surface area (TPSA) is 39.7 Å². The number of nitrogens with one attached hydrogen (secondary N) is 1. The van der Waals surface area contributed by atoms with E-state index >= 15 is 0 Å². The van der Waals surface area contributed by atoms with Crippen LogP contribution < -0.4 is 14.8 Å². The summed E-state index contributed by atoms with van der Waals surface area (Å²) in [6.45, 7) is 6.25. The van der Waals surface area contributed by atoms with Crippen LogP contribution in [0.2, 0.25) is 0 Å². The number of methoxy groups -OCH3 is 1. The molecule has 112 valence electrons. The van der Waals surface area contributed by atoms with E-state index in [1.165, 1.54) is 12.8 Å². The molecule has 0 saturated heterocycles. The maximum atomic E-state index is 5.78. The van der Waals surface area contributed by atoms with Crippen LogP contribution in [0.4, 0.5) is 0 Å². The van der Waals surface area contributed by atoms with Gasteiger partial charge in [-0.15, -0.1) is 0 Å². The molecular formula is C16H25NO3. The van der Waals surface area contributed by atoms with E-state index < -0.39 is 0 Å². The number of hydrogen-bond acceptors (Lipinski definition) is 4. The first kappa shape index (κ1) is 15.1. The van der Waals surface area contributed by atoms with Crippen molar-refractivity contribution in [3.8, 4) is 11.5 Å². The van der Waals surface area contributed by atoms with Gasteiger partial charge in [-0.25, -0.2) is 0 Å². The highest BCUT2D eigenvalue weighted by molar-refractivity contribution is 5.42. The molecule has 1 fully saturated rings. The highest BCUT2D eigenvalue weighted by Gasteiger charge is 2.21. The zero-order chi connectivity index (χ0) is 14.4. The molecule has 0 amide bonds. The third kappa shape index (κ3) is 4.39. The standard InChI is InChI=1S/C16H25NO3/c1-4-17-12(2)15-8-7-14(18-3)9-16(15)20-11-19-10-13-5-6-13/h7-9,12-13,17H,4-6,10-11H2,1-3H3. The molecule has 20 heavy (non-hydrogen) atoms. The minimum Gasteiger partial charge on any atom is -0.497 e. The SMILES string of the molecule is CCNC(C)c1ccc(OC)cc1OCOCC1CC1. The summed E-state index contributed by atoms with van der Waals surface area (Å²) in [5.41, 5.74) is 1.13. The minimum atomic E-state index is 0.240. The van der Waals surface area contributed by atoms with E-state index in [0.29, 0.717) is 6.79 Å². The van der Waals surface area contributed by atoms with Crippen molar-refractivity contribution in [1.29, 1.82) is 0 Å². The van der Waals surface area contributed by atoms with Crippen LogP contribution in [0, 0.1) is 5.92 Å². The van der Waals surface area contributed by atoms with Crippen molar-refractivity contribution in [3.63, 3.8) is 0 Å². The van der Waals surface area contributed by atoms with Crippen LogP contribution in [0.25, 0.3) is 0 Å². The molecule has 1 atom stereocenters. The van der Waals surface area contributed by atoms with E-state index in [2.05, 4.69) is 19.2 Å². The molecule has 0 radical (unpaired) electrons. The second kappa shape index (κ2) is 7.50. The highest BCUT2D eigenvalue weighted by atomic mass is 16.7. The molecular weight excluding hydrogens is 254 g/mol. The summed E-state index contributed by atoms with van der Waals surface area (Å²) in [6.07, 6.45) is 2.59. The highest BCUT2D eigenvalue weighted by Crippen LogP contribution is 2.31. The van der Waals surface area contributed by atoms with E-state index in [0.717, 1.165) is 36.1 Å². The third-order valence-electron chi connectivity index (χ3n) is 3.55. The van der Waals surface area contributed by atoms with Gasteiger partial charge in [0.05, 0.1) is 13.7 Å². The number of rotatable bonds is 9. The first-order chi connectivity index (χ1) is 9.74. The first-order valence-corrected chi connectivity index (χ1v) is 7.36. The monoisotopic (exact) mass is 279 g/mol. The largest absolute Gasteiger partial charge is 0.497 e. The molecule has 0 aromatic heterocycles. The lowest BCUT2D eigenvalue weighted by Crippen LogP contribution is -2.19. The quantitative estimate of drug-likeness (QED) is 0.557. The Morgan fingerprint density at radius 2 is 2.15 bits per heavy atom. The molecule has 2 rings (SSSR count). The molecule has 1 N–H and O–H groups in total. The average molecular weight is 279 g/mol. The van der Waals surface area contributed by atoms with Gasteiger partial charge in [0.1, 0.15) is 11.5 Å². The van der Waals surface area contributed by atoms with Crippen molar-refractivity contribution in [3.05, 3.63) is 23.8 Å². The van der Waals surface area contributed by atoms with E-state index in [-0.39, 0.29) is 6.04 Å². The Hall–Kier alpha value is -1.26. The smallest absolute Gasteiger partial charge is 0.189 e. The van der Waals surface area contributed by atoms with Crippen LogP contribution in [-0.2, 0) is 4.74 Å². The summed E-state index contributed by atoms with van der Waals surface area (Å²) < 4.78 is 16.6. The fraction of sp³-hybridized carbons (Fsp3) is 0.625. The van der Waals surface area contributed by atoms with Gasteiger partial charge in [0, 0.05) is 17.7 Å². The summed E-state index contributed by atoms with van der Waals surface area (Å²) in [5, 5.41) is 3.40. The zero-order valence-corrected chi connectivity index (χ0v) is 12.6. The van der Waals surface area contributed by atoms with Crippen LogP contribution in [0.3, 0.4) is 0 Å². The van der Waals surface area contributed by atoms with E-state index in [9.17, 15) is 0 Å². The Morgan fingerprint density at radius 1 is 1.35 bits per heavy atom. The van der Waals surface area contributed by atoms with Crippen molar-refractivity contribution in [2.24, 2.45) is 5.92 Å². The van der Waals surface area contributed by atoms with Gasteiger partial charge in [-0.3, -0.25) is 0 Å². The molecule has 4 heteroatoms. The molecule has 1 aromatic carbocycles. The van der Waals surface area contributed by atoms with Crippen LogP contribution >= 0.6 is 0 Å². The molecule has 0 heterocycles. The van der Waals surface area contributed by atoms with Crippen LogP contribution in [0.1, 0.15) is 38.3 Å². The summed E-state index contributed by atoms with van der Waals surface area (Å²) in [4.78, 5) is 0. The number of benzene rings is 1. The van der Waals surface area contributed by atoms with Crippen LogP contribution in [0.5, 0.6) is 11.5 Å². The lowest BCUT2D eigenvalue weighted by molar-refractivity contribution is 0.00915. The van der Waals surface area contributed by atoms with Crippen molar-refractivity contribution in [2.75, 3.05) is 27.1 Å². The lowest BCUT2D eigenvalue weighted by Gasteiger charge is -2.18. The molecule has 4 nitrogen and oxygen atoms in total. The molecule has 1 saturated carbocycles. The Kier molecular flexibility index (Phi) is 5.68. The number of hydrogen-bond donors (Lipinski definition) is 1. The minimum absolute atomic E-state index is 0.240. The molecule has 1 aliphatic carbocycles. The maximum absolute atomic E-state index is 5.78. The summed E-state index contributed by atoms with van der Waals surface area (Å²) in [5.74, 6) is 2.38. The fourth-order valence-electron chi connectivity index (χ4n) is 2.14. The second-order valence-electron chi connectivity index (χ2n) is 5.26. The Labute approximate surface area is 121 Å². The zero-order valence-electron chi connectivity index (χ0n) is 12.6. The van der Waals surface area contributed by atoms with Gasteiger partial charge in [0.2, 0.25) is 0 Å². The van der Waals surface area contributed by atoms with Gasteiger partial charge in [0.25, 0.3) is 0 Å². The third-order valence-corrected chi connectivity index (χ3v) is 3.55. The molecule has 1 aromatic rings. The van der Waals surface area contributed by atoms with E-state index in [1.54, 1.807) is 7.11 Å². The van der Waals surface area contributed by atoms with Gasteiger partial charge in [-0.1, -0.05) is 13.0 Å². The van der Waals surface area contributed by atoms with Crippen molar-refractivity contribution < 1.29 is 14.2 Å². The van der Waals surface area contributed by atoms with Crippen molar-refractivity contribution >= 4 is 0 Å². The van der Waals surface area contributed by atoms with Gasteiger partial charge in [-0.2, -0.15) is 0 Å². The Morgan fingerprint density at radius 3 is 2.80 bits per heavy atom. The molecule has 0 spiro atoms. The van der Waals surface area contributed by atoms with Gasteiger partial charge in [0.15, 0.2) is 6.79 Å². The number of ether oxygens (including phenoxy) is 3. The van der Waals surface area contributed by atoms with E-state index in [4.69, 9.17) is 14.2 Å². The predicted molar refractivity (Wildman–Crippen MR) is 79.3 cm³/mol. The summed E-state index contributed by atoms with van der Waals surface area (Å²) in [7, 11) is 1.66. The molecule has 0 aliphatic heterocycles. The fourth-order valence-corrected chi connectivity index (χ4v) is 2.14. The normalized spacial score (nSPS) is 15.9. The van der Waals surface area contributed by atoms with Gasteiger partial charge in [-0.05, 0) is 38.3 Å². The summed E-state index contributed by atoms with van der Waals surface area (Å²) in [6, 6.07) is 6.16. The Bertz CT molecular complexity index is 418. The van der Waals surface area contributed by atoms with Crippen LogP contribution in [-0.4, -0.2) is 27.1 Å². The Balaban J connectivity index is 1.97.